The van der Waals surface area contributed by atoms with Gasteiger partial charge in [0, 0.05) is 32.4 Å². The lowest BCUT2D eigenvalue weighted by Gasteiger charge is -2.32. The number of nitrogens with zero attached hydrogens (tertiary/aromatic N) is 8. The average Bonchev–Trinajstić information content (AvgIpc) is 3.46. The van der Waals surface area contributed by atoms with Crippen molar-refractivity contribution in [3.8, 4) is 5.69 Å². The van der Waals surface area contributed by atoms with E-state index in [-0.39, 0.29) is 0 Å². The molecule has 1 saturated heterocycles. The fourth-order valence-electron chi connectivity index (χ4n) is 4.43. The van der Waals surface area contributed by atoms with Crippen molar-refractivity contribution in [2.75, 3.05) is 23.7 Å². The number of benzene rings is 1. The number of hydrogen-bond acceptors (Lipinski definition) is 8. The molecule has 0 saturated carbocycles. The van der Waals surface area contributed by atoms with Crippen LogP contribution in [0.25, 0.3) is 16.9 Å². The van der Waals surface area contributed by atoms with Crippen molar-refractivity contribution in [1.82, 2.24) is 39.3 Å². The Hall–Kier alpha value is -3.41. The number of nitrogens with one attached hydrogen (secondary N) is 1. The normalized spacial score (nSPS) is 16.4. The number of H-pyrrole nitrogens is 1. The lowest BCUT2D eigenvalue weighted by molar-refractivity contribution is 0.438. The number of thioether (sulfide) groups is 1. The van der Waals surface area contributed by atoms with Crippen LogP contribution in [-0.2, 0) is 13.6 Å². The molecule has 0 bridgehead atoms. The summed E-state index contributed by atoms with van der Waals surface area (Å²) in [6, 6.07) is 9.77. The highest BCUT2D eigenvalue weighted by atomic mass is 32.2. The van der Waals surface area contributed by atoms with Crippen LogP contribution in [0, 0.1) is 5.92 Å². The molecule has 3 aromatic heterocycles. The molecule has 1 aromatic carbocycles. The van der Waals surface area contributed by atoms with Crippen LogP contribution in [0.3, 0.4) is 0 Å². The van der Waals surface area contributed by atoms with E-state index in [1.165, 1.54) is 11.0 Å². The summed E-state index contributed by atoms with van der Waals surface area (Å²) in [4.78, 5) is 34.4. The molecule has 1 aliphatic heterocycles. The van der Waals surface area contributed by atoms with Gasteiger partial charge in [0.15, 0.2) is 11.2 Å². The maximum absolute atomic E-state index is 12.8. The molecule has 1 atom stereocenters. The Balaban J connectivity index is 1.39. The molecule has 4 heterocycles. The third-order valence-electron chi connectivity index (χ3n) is 6.13. The Morgan fingerprint density at radius 1 is 1.21 bits per heavy atom. The summed E-state index contributed by atoms with van der Waals surface area (Å²) in [5.41, 5.74) is 0.910. The van der Waals surface area contributed by atoms with E-state index in [9.17, 15) is 9.59 Å². The summed E-state index contributed by atoms with van der Waals surface area (Å²) in [6.45, 7) is 4.60. The molecule has 0 radical (unpaired) electrons. The largest absolute Gasteiger partial charge is 0.342 e. The molecule has 0 amide bonds. The monoisotopic (exact) mass is 481 g/mol. The van der Waals surface area contributed by atoms with E-state index in [0.29, 0.717) is 28.8 Å². The number of tetrazole rings is 1. The van der Waals surface area contributed by atoms with E-state index in [4.69, 9.17) is 4.98 Å². The van der Waals surface area contributed by atoms with Crippen molar-refractivity contribution in [3.63, 3.8) is 0 Å². The van der Waals surface area contributed by atoms with Crippen molar-refractivity contribution in [2.24, 2.45) is 13.0 Å². The second kappa shape index (κ2) is 9.45. The van der Waals surface area contributed by atoms with Crippen molar-refractivity contribution in [1.29, 1.82) is 0 Å². The fourth-order valence-corrected chi connectivity index (χ4v) is 5.25. The molecular formula is C22H27N9O2S. The Kier molecular flexibility index (Phi) is 6.22. The number of aromatic nitrogens is 8. The number of aromatic amines is 1. The van der Waals surface area contributed by atoms with Gasteiger partial charge in [0.1, 0.15) is 0 Å². The summed E-state index contributed by atoms with van der Waals surface area (Å²) >= 11 is 1.57. The van der Waals surface area contributed by atoms with Crippen LogP contribution < -0.4 is 16.1 Å². The van der Waals surface area contributed by atoms with Gasteiger partial charge >= 0.3 is 5.69 Å². The van der Waals surface area contributed by atoms with Crippen LogP contribution >= 0.6 is 11.8 Å². The minimum Gasteiger partial charge on any atom is -0.342 e. The molecule has 5 rings (SSSR count). The SMILES string of the molecule is C[C@H]1CCCN(c2nc3c(c(=O)[nH]c(=O)n3C)n2CCCSc2nnnn2-c2ccccc2)C1. The molecule has 1 fully saturated rings. The van der Waals surface area contributed by atoms with Crippen molar-refractivity contribution in [2.45, 2.75) is 37.9 Å². The highest BCUT2D eigenvalue weighted by molar-refractivity contribution is 7.99. The second-order valence-corrected chi connectivity index (χ2v) is 9.72. The Bertz CT molecular complexity index is 1410. The smallest absolute Gasteiger partial charge is 0.329 e. The first-order chi connectivity index (χ1) is 16.5. The van der Waals surface area contributed by atoms with Gasteiger partial charge in [0.05, 0.1) is 5.69 Å². The molecule has 34 heavy (non-hydrogen) atoms. The van der Waals surface area contributed by atoms with Crippen molar-refractivity contribution in [3.05, 3.63) is 51.2 Å². The number of piperidine rings is 1. The molecule has 0 aliphatic carbocycles. The van der Waals surface area contributed by atoms with Crippen LogP contribution in [0.2, 0.25) is 0 Å². The number of anilines is 1. The van der Waals surface area contributed by atoms with Crippen molar-refractivity contribution >= 4 is 28.9 Å². The van der Waals surface area contributed by atoms with E-state index in [1.54, 1.807) is 23.5 Å². The lowest BCUT2D eigenvalue weighted by atomic mass is 10.0. The fraction of sp³-hybridized carbons (Fsp3) is 0.455. The number of imidazole rings is 1. The zero-order valence-electron chi connectivity index (χ0n) is 19.2. The highest BCUT2D eigenvalue weighted by Crippen LogP contribution is 2.26. The highest BCUT2D eigenvalue weighted by Gasteiger charge is 2.24. The van der Waals surface area contributed by atoms with Gasteiger partial charge in [-0.3, -0.25) is 14.3 Å². The molecule has 178 valence electrons. The zero-order valence-corrected chi connectivity index (χ0v) is 20.0. The number of para-hydroxylation sites is 1. The quantitative estimate of drug-likeness (QED) is 0.314. The van der Waals surface area contributed by atoms with Gasteiger partial charge in [-0.1, -0.05) is 36.9 Å². The molecular weight excluding hydrogens is 454 g/mol. The van der Waals surface area contributed by atoms with E-state index in [1.807, 2.05) is 34.9 Å². The summed E-state index contributed by atoms with van der Waals surface area (Å²) < 4.78 is 5.09. The maximum Gasteiger partial charge on any atom is 0.329 e. The molecule has 1 aliphatic rings. The molecule has 11 nitrogen and oxygen atoms in total. The van der Waals surface area contributed by atoms with Gasteiger partial charge in [0.2, 0.25) is 11.1 Å². The minimum atomic E-state index is -0.455. The maximum atomic E-state index is 12.8. The topological polar surface area (TPSA) is 120 Å². The zero-order chi connectivity index (χ0) is 23.7. The summed E-state index contributed by atoms with van der Waals surface area (Å²) in [6.07, 6.45) is 3.04. The second-order valence-electron chi connectivity index (χ2n) is 8.66. The Morgan fingerprint density at radius 3 is 2.82 bits per heavy atom. The van der Waals surface area contributed by atoms with Crippen LogP contribution in [0.1, 0.15) is 26.2 Å². The van der Waals surface area contributed by atoms with Gasteiger partial charge < -0.3 is 9.47 Å². The first-order valence-electron chi connectivity index (χ1n) is 11.4. The van der Waals surface area contributed by atoms with Gasteiger partial charge in [-0.05, 0) is 47.7 Å². The van der Waals surface area contributed by atoms with Crippen LogP contribution in [0.5, 0.6) is 0 Å². The van der Waals surface area contributed by atoms with Crippen molar-refractivity contribution < 1.29 is 0 Å². The Morgan fingerprint density at radius 2 is 2.03 bits per heavy atom. The third-order valence-corrected chi connectivity index (χ3v) is 7.13. The molecule has 0 spiro atoms. The average molecular weight is 482 g/mol. The number of rotatable bonds is 7. The molecule has 4 aromatic rings. The molecule has 12 heteroatoms. The van der Waals surface area contributed by atoms with E-state index < -0.39 is 11.2 Å². The summed E-state index contributed by atoms with van der Waals surface area (Å²) in [7, 11) is 1.64. The molecule has 0 unspecified atom stereocenters. The minimum absolute atomic E-state index is 0.400. The number of hydrogen-bond donors (Lipinski definition) is 1. The first kappa shape index (κ1) is 22.4. The van der Waals surface area contributed by atoms with E-state index in [0.717, 1.165) is 43.3 Å². The van der Waals surface area contributed by atoms with Gasteiger partial charge in [-0.25, -0.2) is 4.79 Å². The third kappa shape index (κ3) is 4.25. The standard InChI is InChI=1S/C22H27N9O2S/c1-15-8-6-11-29(14-15)20-23-18-17(19(32)24-21(33)28(18)2)30(20)12-7-13-34-22-25-26-27-31(22)16-9-4-3-5-10-16/h3-5,9-10,15H,6-8,11-14H2,1-2H3,(H,24,32,33)/t15-/m0/s1. The van der Waals surface area contributed by atoms with Gasteiger partial charge in [-0.2, -0.15) is 9.67 Å². The molecule has 1 N–H and O–H groups in total. The predicted molar refractivity (Wildman–Crippen MR) is 131 cm³/mol. The van der Waals surface area contributed by atoms with Gasteiger partial charge in [0.25, 0.3) is 5.56 Å². The van der Waals surface area contributed by atoms with Crippen LogP contribution in [0.4, 0.5) is 5.95 Å². The predicted octanol–water partition coefficient (Wildman–Crippen LogP) is 1.82. The summed E-state index contributed by atoms with van der Waals surface area (Å²) in [5.74, 6) is 2.07. The van der Waals surface area contributed by atoms with E-state index in [2.05, 4.69) is 32.3 Å². The first-order valence-corrected chi connectivity index (χ1v) is 12.4. The number of fused-ring (bicyclic) bond motifs is 1. The Labute approximate surface area is 199 Å². The van der Waals surface area contributed by atoms with Crippen LogP contribution in [0.15, 0.2) is 45.1 Å². The number of aryl methyl sites for hydroxylation is 2. The van der Waals surface area contributed by atoms with Gasteiger partial charge in [-0.15, -0.1) is 5.10 Å². The lowest BCUT2D eigenvalue weighted by Crippen LogP contribution is -2.36. The van der Waals surface area contributed by atoms with E-state index >= 15 is 0 Å². The van der Waals surface area contributed by atoms with Crippen LogP contribution in [-0.4, -0.2) is 58.2 Å². The summed E-state index contributed by atoms with van der Waals surface area (Å²) in [5, 5.41) is 12.8.